The summed E-state index contributed by atoms with van der Waals surface area (Å²) in [6, 6.07) is 10.5. The van der Waals surface area contributed by atoms with Gasteiger partial charge in [-0.3, -0.25) is 10.6 Å². The van der Waals surface area contributed by atoms with Crippen LogP contribution in [0.2, 0.25) is 0 Å². The van der Waals surface area contributed by atoms with Crippen LogP contribution in [0.4, 0.5) is 11.4 Å². The number of nitrogens with one attached hydrogen (secondary N) is 2. The van der Waals surface area contributed by atoms with Gasteiger partial charge in [0.05, 0.1) is 10.6 Å². The lowest BCUT2D eigenvalue weighted by atomic mass is 10.1. The Hall–Kier alpha value is -1.57. The molecule has 0 saturated heterocycles. The Kier molecular flexibility index (Phi) is 4.55. The van der Waals surface area contributed by atoms with Crippen LogP contribution in [0, 0.1) is 13.8 Å². The number of aryl methyl sites for hydroxylation is 2. The molecule has 4 N–H and O–H groups in total. The molecule has 0 amide bonds. The van der Waals surface area contributed by atoms with Crippen molar-refractivity contribution in [1.82, 2.24) is 0 Å². The van der Waals surface area contributed by atoms with Crippen molar-refractivity contribution in [3.8, 4) is 0 Å². The smallest absolute Gasteiger partial charge is 0.262 e. The minimum atomic E-state index is -3.67. The highest BCUT2D eigenvalue weighted by molar-refractivity contribution is 9.10. The van der Waals surface area contributed by atoms with E-state index in [9.17, 15) is 8.42 Å². The number of nitrogen functional groups attached to an aromatic ring is 1. The highest BCUT2D eigenvalue weighted by Gasteiger charge is 2.21. The van der Waals surface area contributed by atoms with Gasteiger partial charge in [-0.15, -0.1) is 0 Å². The van der Waals surface area contributed by atoms with Crippen molar-refractivity contribution in [3.05, 3.63) is 52.0 Å². The van der Waals surface area contributed by atoms with Gasteiger partial charge in [-0.1, -0.05) is 12.1 Å². The number of sulfonamides is 1. The van der Waals surface area contributed by atoms with Gasteiger partial charge in [-0.2, -0.15) is 0 Å². The van der Waals surface area contributed by atoms with E-state index in [0.717, 1.165) is 0 Å². The van der Waals surface area contributed by atoms with E-state index in [4.69, 9.17) is 5.84 Å². The van der Waals surface area contributed by atoms with Crippen LogP contribution in [0.25, 0.3) is 0 Å². The van der Waals surface area contributed by atoms with Gasteiger partial charge in [0.1, 0.15) is 0 Å². The van der Waals surface area contributed by atoms with Crippen LogP contribution in [0.1, 0.15) is 11.1 Å². The maximum Gasteiger partial charge on any atom is 0.262 e. The summed E-state index contributed by atoms with van der Waals surface area (Å²) in [4.78, 5) is 0.261. The van der Waals surface area contributed by atoms with Crippen LogP contribution >= 0.6 is 15.9 Å². The van der Waals surface area contributed by atoms with Crippen LogP contribution in [-0.2, 0) is 10.0 Å². The number of hydrogen-bond donors (Lipinski definition) is 3. The molecule has 0 aromatic heterocycles. The summed E-state index contributed by atoms with van der Waals surface area (Å²) >= 11 is 3.33. The largest absolute Gasteiger partial charge is 0.324 e. The summed E-state index contributed by atoms with van der Waals surface area (Å²) in [6.45, 7) is 3.48. The molecular formula is C14H16BrN3O2S. The Morgan fingerprint density at radius 3 is 2.19 bits per heavy atom. The molecule has 0 spiro atoms. The van der Waals surface area contributed by atoms with Gasteiger partial charge in [0.15, 0.2) is 0 Å². The number of para-hydroxylation sites is 1. The predicted octanol–water partition coefficient (Wildman–Crippen LogP) is 3.15. The molecule has 5 nitrogen and oxygen atoms in total. The fourth-order valence-corrected chi connectivity index (χ4v) is 4.25. The monoisotopic (exact) mass is 369 g/mol. The Bertz CT molecular complexity index is 753. The lowest BCUT2D eigenvalue weighted by Crippen LogP contribution is -2.17. The average Bonchev–Trinajstić information content (AvgIpc) is 2.40. The first-order valence-electron chi connectivity index (χ1n) is 6.20. The molecular weight excluding hydrogens is 354 g/mol. The second kappa shape index (κ2) is 6.05. The Morgan fingerprint density at radius 2 is 1.67 bits per heavy atom. The third-order valence-electron chi connectivity index (χ3n) is 3.01. The number of hydrogen-bond acceptors (Lipinski definition) is 4. The number of nitrogens with two attached hydrogens (primary N) is 1. The lowest BCUT2D eigenvalue weighted by Gasteiger charge is -2.15. The van der Waals surface area contributed by atoms with Crippen molar-refractivity contribution in [2.75, 3.05) is 10.1 Å². The summed E-state index contributed by atoms with van der Waals surface area (Å²) in [5.41, 5.74) is 4.95. The average molecular weight is 370 g/mol. The van der Waals surface area contributed by atoms with Gasteiger partial charge in [-0.25, -0.2) is 8.42 Å². The van der Waals surface area contributed by atoms with E-state index in [-0.39, 0.29) is 4.90 Å². The van der Waals surface area contributed by atoms with Crippen molar-refractivity contribution in [2.24, 2.45) is 5.84 Å². The van der Waals surface area contributed by atoms with Gasteiger partial charge < -0.3 is 5.43 Å². The third-order valence-corrected chi connectivity index (χ3v) is 5.38. The molecule has 0 fully saturated rings. The van der Waals surface area contributed by atoms with Gasteiger partial charge >= 0.3 is 0 Å². The normalized spacial score (nSPS) is 11.2. The molecule has 112 valence electrons. The Labute approximate surface area is 132 Å². The van der Waals surface area contributed by atoms with E-state index < -0.39 is 10.0 Å². The zero-order valence-corrected chi connectivity index (χ0v) is 14.0. The Morgan fingerprint density at radius 1 is 1.10 bits per heavy atom. The van der Waals surface area contributed by atoms with E-state index >= 15 is 0 Å². The number of benzene rings is 2. The van der Waals surface area contributed by atoms with Gasteiger partial charge in [0, 0.05) is 10.2 Å². The maximum absolute atomic E-state index is 12.6. The van der Waals surface area contributed by atoms with Gasteiger partial charge in [0.2, 0.25) is 0 Å². The summed E-state index contributed by atoms with van der Waals surface area (Å²) in [5.74, 6) is 5.37. The zero-order valence-electron chi connectivity index (χ0n) is 11.6. The molecule has 0 aliphatic heterocycles. The van der Waals surface area contributed by atoms with Crippen LogP contribution in [-0.4, -0.2) is 8.42 Å². The lowest BCUT2D eigenvalue weighted by molar-refractivity contribution is 0.600. The molecule has 0 radical (unpaired) electrons. The summed E-state index contributed by atoms with van der Waals surface area (Å²) in [6.07, 6.45) is 0. The van der Waals surface area contributed by atoms with Crippen molar-refractivity contribution in [2.45, 2.75) is 18.7 Å². The van der Waals surface area contributed by atoms with Crippen LogP contribution < -0.4 is 16.0 Å². The molecule has 2 aromatic carbocycles. The van der Waals surface area contributed by atoms with Crippen LogP contribution in [0.3, 0.4) is 0 Å². The van der Waals surface area contributed by atoms with Crippen molar-refractivity contribution in [3.63, 3.8) is 0 Å². The van der Waals surface area contributed by atoms with Gasteiger partial charge in [-0.05, 0) is 65.2 Å². The van der Waals surface area contributed by atoms with E-state index in [1.165, 1.54) is 0 Å². The SMILES string of the molecule is Cc1cc(NN)cc(C)c1S(=O)(=O)Nc1ccccc1Br. The second-order valence-corrected chi connectivity index (χ2v) is 7.14. The molecule has 0 atom stereocenters. The molecule has 0 bridgehead atoms. The maximum atomic E-state index is 12.6. The highest BCUT2D eigenvalue weighted by atomic mass is 79.9. The first kappa shape index (κ1) is 15.8. The quantitative estimate of drug-likeness (QED) is 0.570. The molecule has 0 unspecified atom stereocenters. The molecule has 2 rings (SSSR count). The number of anilines is 2. The van der Waals surface area contributed by atoms with Crippen LogP contribution in [0.5, 0.6) is 0 Å². The molecule has 0 saturated carbocycles. The molecule has 2 aromatic rings. The van der Waals surface area contributed by atoms with Crippen molar-refractivity contribution < 1.29 is 8.42 Å². The molecule has 7 heteroatoms. The van der Waals surface area contributed by atoms with E-state index in [1.807, 2.05) is 6.07 Å². The zero-order chi connectivity index (χ0) is 15.6. The van der Waals surface area contributed by atoms with E-state index in [1.54, 1.807) is 44.2 Å². The third kappa shape index (κ3) is 3.37. The number of rotatable bonds is 4. The molecule has 0 aliphatic rings. The predicted molar refractivity (Wildman–Crippen MR) is 88.7 cm³/mol. The first-order valence-corrected chi connectivity index (χ1v) is 8.48. The fourth-order valence-electron chi connectivity index (χ4n) is 2.20. The van der Waals surface area contributed by atoms with E-state index in [2.05, 4.69) is 26.1 Å². The summed E-state index contributed by atoms with van der Waals surface area (Å²) in [5, 5.41) is 0. The minimum absolute atomic E-state index is 0.261. The molecule has 0 aliphatic carbocycles. The summed E-state index contributed by atoms with van der Waals surface area (Å²) in [7, 11) is -3.67. The van der Waals surface area contributed by atoms with Crippen molar-refractivity contribution >= 4 is 37.3 Å². The van der Waals surface area contributed by atoms with E-state index in [0.29, 0.717) is 27.0 Å². The number of hydrazine groups is 1. The Balaban J connectivity index is 2.48. The second-order valence-electron chi connectivity index (χ2n) is 4.67. The number of halogens is 1. The fraction of sp³-hybridized carbons (Fsp3) is 0.143. The molecule has 0 heterocycles. The topological polar surface area (TPSA) is 84.2 Å². The van der Waals surface area contributed by atoms with Crippen LogP contribution in [0.15, 0.2) is 45.8 Å². The first-order chi connectivity index (χ1) is 9.85. The summed E-state index contributed by atoms with van der Waals surface area (Å²) < 4.78 is 28.5. The van der Waals surface area contributed by atoms with Gasteiger partial charge in [0.25, 0.3) is 10.0 Å². The highest BCUT2D eigenvalue weighted by Crippen LogP contribution is 2.28. The molecule has 21 heavy (non-hydrogen) atoms. The standard InChI is InChI=1S/C14H16BrN3O2S/c1-9-7-11(17-16)8-10(2)14(9)21(19,20)18-13-6-4-3-5-12(13)15/h3-8,17-18H,16H2,1-2H3. The van der Waals surface area contributed by atoms with Crippen molar-refractivity contribution in [1.29, 1.82) is 0 Å². The minimum Gasteiger partial charge on any atom is -0.324 e.